The van der Waals surface area contributed by atoms with Crippen LogP contribution in [-0.4, -0.2) is 95.0 Å². The Morgan fingerprint density at radius 2 is 1.71 bits per heavy atom. The van der Waals surface area contributed by atoms with E-state index in [-0.39, 0.29) is 78.1 Å². The lowest BCUT2D eigenvalue weighted by molar-refractivity contribution is -0.185. The molecule has 1 aromatic carbocycles. The zero-order valence-corrected chi connectivity index (χ0v) is 39.1. The highest BCUT2D eigenvalue weighted by Crippen LogP contribution is 2.65. The molecule has 5 fully saturated rings. The first-order valence-electron chi connectivity index (χ1n) is 25.7. The van der Waals surface area contributed by atoms with Crippen LogP contribution in [0.1, 0.15) is 172 Å². The molecule has 358 valence electrons. The second-order valence-corrected chi connectivity index (χ2v) is 22.2. The number of aromatic hydroxyl groups is 1. The Kier molecular flexibility index (Phi) is 13.6. The molecule has 9 rings (SSSR count). The number of ether oxygens (including phenoxy) is 3. The summed E-state index contributed by atoms with van der Waals surface area (Å²) in [6.45, 7) is 4.93. The van der Waals surface area contributed by atoms with Gasteiger partial charge in [0.2, 0.25) is 5.91 Å². The monoisotopic (exact) mass is 901 g/mol. The number of hydrogen-bond donors (Lipinski definition) is 6. The van der Waals surface area contributed by atoms with Crippen LogP contribution in [0.3, 0.4) is 0 Å². The van der Waals surface area contributed by atoms with Gasteiger partial charge in [-0.15, -0.1) is 5.92 Å². The van der Waals surface area contributed by atoms with Crippen molar-refractivity contribution in [1.82, 2.24) is 10.6 Å². The number of fused-ring (bicyclic) bond motifs is 4. The summed E-state index contributed by atoms with van der Waals surface area (Å²) in [4.78, 5) is 43.4. The van der Waals surface area contributed by atoms with Crippen molar-refractivity contribution in [2.75, 3.05) is 32.9 Å². The van der Waals surface area contributed by atoms with Gasteiger partial charge >= 0.3 is 11.9 Å². The number of aliphatic hydroxyl groups is 3. The van der Waals surface area contributed by atoms with E-state index in [9.17, 15) is 30.0 Å². The lowest BCUT2D eigenvalue weighted by atomic mass is 9.51. The van der Waals surface area contributed by atoms with E-state index in [1.54, 1.807) is 13.0 Å². The Morgan fingerprint density at radius 1 is 0.969 bits per heavy atom. The van der Waals surface area contributed by atoms with E-state index in [4.69, 9.17) is 14.2 Å². The molecular weight excluding hydrogens is 825 g/mol. The molecule has 2 saturated heterocycles. The second kappa shape index (κ2) is 19.0. The molecule has 5 aliphatic carbocycles. The van der Waals surface area contributed by atoms with Crippen molar-refractivity contribution in [2.24, 2.45) is 45.8 Å². The number of rotatable bonds is 10. The fourth-order valence-corrected chi connectivity index (χ4v) is 15.7. The van der Waals surface area contributed by atoms with Crippen LogP contribution in [0.4, 0.5) is 0 Å². The standard InChI is InChI=1S/C53H76N2O10/c1-33(58)27-35-11-9-12-36-28-40-41(51(32-57)19-7-8-20-51)31-63-47-42(60)16-15-39(45(40)47)46(36)52(22-24-54-25-23-52)44(29-43(64-34(2)59)38(35)14-10-26-56)65-49(62)53-21-4-3-13-37(53)30-50(48(61)55-53)17-5-6-18-50/h15-16,33,35-38,40-41,43-44,46,54,56-58,60H,3-8,10-11,13-14,17-32H2,1-2H3,(H,55,61)/t33-,35+,36-,37+,38+,40+,41+,43-,44+,46-,53+/m0/s1. The largest absolute Gasteiger partial charge is 0.504 e. The van der Waals surface area contributed by atoms with E-state index in [0.717, 1.165) is 81.8 Å². The molecule has 0 unspecified atom stereocenters. The van der Waals surface area contributed by atoms with Crippen molar-refractivity contribution in [1.29, 1.82) is 0 Å². The highest BCUT2D eigenvalue weighted by molar-refractivity contribution is 5.93. The number of carbonyl (C=O) groups is 3. The first kappa shape index (κ1) is 46.7. The van der Waals surface area contributed by atoms with Crippen LogP contribution in [0.15, 0.2) is 12.1 Å². The Balaban J connectivity index is 1.22. The molecule has 3 aliphatic heterocycles. The summed E-state index contributed by atoms with van der Waals surface area (Å²) in [6.07, 6.45) is 13.3. The van der Waals surface area contributed by atoms with E-state index in [1.807, 2.05) is 0 Å². The third-order valence-electron chi connectivity index (χ3n) is 18.8. The topological polar surface area (TPSA) is 184 Å². The number of hydrogen-bond acceptors (Lipinski definition) is 11. The van der Waals surface area contributed by atoms with Crippen LogP contribution in [0.5, 0.6) is 11.5 Å². The molecule has 3 heterocycles. The second-order valence-electron chi connectivity index (χ2n) is 22.2. The summed E-state index contributed by atoms with van der Waals surface area (Å²) in [5.74, 6) is 6.24. The van der Waals surface area contributed by atoms with Gasteiger partial charge < -0.3 is 45.3 Å². The molecule has 1 aromatic rings. The molecule has 65 heavy (non-hydrogen) atoms. The molecule has 0 bridgehead atoms. The van der Waals surface area contributed by atoms with Gasteiger partial charge in [0.05, 0.1) is 12.7 Å². The maximum atomic E-state index is 15.7. The molecule has 3 saturated carbocycles. The number of phenols is 1. The van der Waals surface area contributed by atoms with Gasteiger partial charge in [0.1, 0.15) is 17.7 Å². The van der Waals surface area contributed by atoms with Crippen molar-refractivity contribution in [3.63, 3.8) is 0 Å². The maximum Gasteiger partial charge on any atom is 0.332 e. The number of piperidine rings is 2. The summed E-state index contributed by atoms with van der Waals surface area (Å²) in [5, 5.41) is 51.0. The molecule has 1 amide bonds. The minimum atomic E-state index is -1.17. The highest BCUT2D eigenvalue weighted by Gasteiger charge is 2.63. The zero-order chi connectivity index (χ0) is 45.6. The third kappa shape index (κ3) is 8.39. The summed E-state index contributed by atoms with van der Waals surface area (Å²) in [5.41, 5.74) is -0.623. The van der Waals surface area contributed by atoms with Gasteiger partial charge in [0, 0.05) is 72.5 Å². The lowest BCUT2D eigenvalue weighted by Gasteiger charge is -2.56. The lowest BCUT2D eigenvalue weighted by Crippen LogP contribution is -2.69. The van der Waals surface area contributed by atoms with E-state index in [1.165, 1.54) is 6.92 Å². The number of phenolic OH excluding ortho intramolecular Hbond substituents is 1. The minimum Gasteiger partial charge on any atom is -0.504 e. The average Bonchev–Trinajstić information content (AvgIpc) is 3.98. The van der Waals surface area contributed by atoms with Gasteiger partial charge in [-0.05, 0) is 139 Å². The first-order chi connectivity index (χ1) is 31.4. The zero-order valence-electron chi connectivity index (χ0n) is 39.1. The average molecular weight is 901 g/mol. The van der Waals surface area contributed by atoms with Gasteiger partial charge in [-0.1, -0.05) is 50.5 Å². The highest BCUT2D eigenvalue weighted by atomic mass is 16.6. The Labute approximate surface area is 386 Å². The molecule has 11 atom stereocenters. The van der Waals surface area contributed by atoms with Crippen LogP contribution in [-0.2, 0) is 23.9 Å². The summed E-state index contributed by atoms with van der Waals surface area (Å²) < 4.78 is 20.4. The number of carbonyl (C=O) groups excluding carboxylic acids is 3. The molecule has 2 spiro atoms. The van der Waals surface area contributed by atoms with E-state index in [2.05, 4.69) is 28.5 Å². The fraction of sp³-hybridized carbons (Fsp3) is 0.792. The third-order valence-corrected chi connectivity index (χ3v) is 18.8. The smallest absolute Gasteiger partial charge is 0.332 e. The fourth-order valence-electron chi connectivity index (χ4n) is 15.7. The normalized spacial score (nSPS) is 36.0. The predicted molar refractivity (Wildman–Crippen MR) is 244 cm³/mol. The molecule has 0 radical (unpaired) electrons. The van der Waals surface area contributed by atoms with E-state index >= 15 is 4.79 Å². The molecule has 0 aromatic heterocycles. The molecule has 12 heteroatoms. The molecular formula is C53H76N2O10. The van der Waals surface area contributed by atoms with Gasteiger partial charge in [-0.25, -0.2) is 4.79 Å². The number of benzene rings is 1. The SMILES string of the molecule is CC(=O)O[C@H]1C[C@@H](OC(=O)[C@@]23CCCC[C@@H]2CC2(CCCC2)C(=O)N3)C2(CCNCC2)[C@@H]2c3ccc(O)c4c3[C@H](C[C@@H]2C#CC[C@H](C[C@H](C)O)[C@H]1CCCO)[C@H](C1(CO)CCCC1)CO4. The number of nitrogens with one attached hydrogen (secondary N) is 2. The quantitative estimate of drug-likeness (QED) is 0.106. The Bertz CT molecular complexity index is 1970. The van der Waals surface area contributed by atoms with Gasteiger partial charge in [0.15, 0.2) is 11.5 Å². The molecule has 12 nitrogen and oxygen atoms in total. The number of esters is 2. The number of aliphatic hydroxyl groups excluding tert-OH is 3. The van der Waals surface area contributed by atoms with Crippen LogP contribution in [0, 0.1) is 57.7 Å². The van der Waals surface area contributed by atoms with Gasteiger partial charge in [0.25, 0.3) is 0 Å². The Morgan fingerprint density at radius 3 is 2.42 bits per heavy atom. The summed E-state index contributed by atoms with van der Waals surface area (Å²) in [6, 6.07) is 3.79. The minimum absolute atomic E-state index is 0.0150. The summed E-state index contributed by atoms with van der Waals surface area (Å²) in [7, 11) is 0. The van der Waals surface area contributed by atoms with Crippen molar-refractivity contribution in [2.45, 2.75) is 184 Å². The van der Waals surface area contributed by atoms with Crippen molar-refractivity contribution in [3.05, 3.63) is 23.3 Å². The molecule has 8 aliphatic rings. The van der Waals surface area contributed by atoms with Crippen molar-refractivity contribution < 1.29 is 49.0 Å². The van der Waals surface area contributed by atoms with E-state index < -0.39 is 46.6 Å². The first-order valence-corrected chi connectivity index (χ1v) is 25.7. The molecule has 6 N–H and O–H groups in total. The van der Waals surface area contributed by atoms with E-state index in [0.29, 0.717) is 83.2 Å². The maximum absolute atomic E-state index is 15.7. The van der Waals surface area contributed by atoms with Crippen LogP contribution in [0.25, 0.3) is 0 Å². The number of amides is 1. The van der Waals surface area contributed by atoms with Crippen molar-refractivity contribution >= 4 is 17.8 Å². The van der Waals surface area contributed by atoms with Gasteiger partial charge in [-0.2, -0.15) is 0 Å². The summed E-state index contributed by atoms with van der Waals surface area (Å²) >= 11 is 0. The van der Waals surface area contributed by atoms with Gasteiger partial charge in [-0.3, -0.25) is 9.59 Å². The Hall–Kier alpha value is -3.37. The van der Waals surface area contributed by atoms with Crippen molar-refractivity contribution in [3.8, 4) is 23.3 Å². The predicted octanol–water partition coefficient (Wildman–Crippen LogP) is 6.94. The van der Waals surface area contributed by atoms with Crippen LogP contribution in [0.2, 0.25) is 0 Å². The van der Waals surface area contributed by atoms with Crippen LogP contribution >= 0.6 is 0 Å². The van der Waals surface area contributed by atoms with Crippen LogP contribution < -0.4 is 15.4 Å².